The first kappa shape index (κ1) is 10.6. The SMILES string of the molecule is FS(F)(F)(F)(F)c1c[c]ccc1Cl. The molecule has 0 aliphatic heterocycles. The van der Waals surface area contributed by atoms with Crippen molar-refractivity contribution >= 4 is 21.8 Å². The van der Waals surface area contributed by atoms with E-state index in [0.717, 1.165) is 12.1 Å². The highest BCUT2D eigenvalue weighted by molar-refractivity contribution is 8.45. The van der Waals surface area contributed by atoms with Gasteiger partial charge in [-0.2, -0.15) is 0 Å². The second-order valence-corrected chi connectivity index (χ2v) is 5.11. The molecule has 13 heavy (non-hydrogen) atoms. The topological polar surface area (TPSA) is 0 Å². The summed E-state index contributed by atoms with van der Waals surface area (Å²) in [4.78, 5) is -2.09. The summed E-state index contributed by atoms with van der Waals surface area (Å²) in [6.45, 7) is 0. The zero-order chi connectivity index (χ0) is 10.4. The standard InChI is InChI=1S/C6H3ClF5S/c7-5-3-1-2-4-6(5)13(8,9,10,11)12/h1,3-4H. The van der Waals surface area contributed by atoms with E-state index in [1.807, 2.05) is 6.07 Å². The van der Waals surface area contributed by atoms with E-state index < -0.39 is 20.1 Å². The normalized spacial score (nSPS) is 17.7. The first-order chi connectivity index (χ1) is 5.50. The van der Waals surface area contributed by atoms with Crippen LogP contribution in [-0.2, 0) is 0 Å². The Labute approximate surface area is 76.0 Å². The molecule has 0 N–H and O–H groups in total. The van der Waals surface area contributed by atoms with Gasteiger partial charge in [0.1, 0.15) is 4.90 Å². The summed E-state index contributed by atoms with van der Waals surface area (Å²) in [6, 6.07) is 3.79. The molecule has 0 spiro atoms. The van der Waals surface area contributed by atoms with Gasteiger partial charge in [0.15, 0.2) is 0 Å². The minimum atomic E-state index is -9.64. The highest BCUT2D eigenvalue weighted by Gasteiger charge is 2.66. The van der Waals surface area contributed by atoms with Crippen LogP contribution in [0.2, 0.25) is 5.02 Å². The third kappa shape index (κ3) is 2.47. The molecule has 0 unspecified atom stereocenters. The first-order valence-electron chi connectivity index (χ1n) is 2.90. The van der Waals surface area contributed by atoms with Crippen molar-refractivity contribution in [3.05, 3.63) is 29.3 Å². The van der Waals surface area contributed by atoms with Crippen LogP contribution in [0.4, 0.5) is 19.4 Å². The average Bonchev–Trinajstić information content (AvgIpc) is 1.82. The third-order valence-electron chi connectivity index (χ3n) is 1.19. The van der Waals surface area contributed by atoms with Crippen molar-refractivity contribution in [2.45, 2.75) is 4.90 Å². The van der Waals surface area contributed by atoms with E-state index in [1.54, 1.807) is 0 Å². The number of benzene rings is 1. The van der Waals surface area contributed by atoms with E-state index in [-0.39, 0.29) is 6.07 Å². The molecule has 0 bridgehead atoms. The largest absolute Gasteiger partial charge is 0.311 e. The second-order valence-electron chi connectivity index (χ2n) is 2.33. The van der Waals surface area contributed by atoms with Gasteiger partial charge in [0, 0.05) is 0 Å². The van der Waals surface area contributed by atoms with Crippen LogP contribution in [0.1, 0.15) is 0 Å². The molecule has 1 radical (unpaired) electrons. The van der Waals surface area contributed by atoms with Crippen LogP contribution in [0.5, 0.6) is 0 Å². The summed E-state index contributed by atoms with van der Waals surface area (Å²) in [5, 5.41) is -1.02. The monoisotopic (exact) mass is 237 g/mol. The highest BCUT2D eigenvalue weighted by atomic mass is 35.5. The van der Waals surface area contributed by atoms with Gasteiger partial charge in [-0.25, -0.2) is 0 Å². The average molecular weight is 238 g/mol. The summed E-state index contributed by atoms with van der Waals surface area (Å²) >= 11 is 5.00. The van der Waals surface area contributed by atoms with Crippen molar-refractivity contribution in [1.82, 2.24) is 0 Å². The predicted molar refractivity (Wildman–Crippen MR) is 41.7 cm³/mol. The van der Waals surface area contributed by atoms with E-state index in [0.29, 0.717) is 0 Å². The van der Waals surface area contributed by atoms with Crippen LogP contribution in [-0.4, -0.2) is 0 Å². The molecule has 0 aliphatic carbocycles. The number of hydrogen-bond donors (Lipinski definition) is 0. The zero-order valence-electron chi connectivity index (χ0n) is 5.91. The molecular formula is C6H3ClF5S. The van der Waals surface area contributed by atoms with Crippen molar-refractivity contribution in [2.75, 3.05) is 0 Å². The van der Waals surface area contributed by atoms with Crippen molar-refractivity contribution in [1.29, 1.82) is 0 Å². The fraction of sp³-hybridized carbons (Fsp3) is 0. The Morgan fingerprint density at radius 3 is 2.00 bits per heavy atom. The Morgan fingerprint density at radius 2 is 1.69 bits per heavy atom. The maximum absolute atomic E-state index is 12.1. The minimum absolute atomic E-state index is 0.143. The van der Waals surface area contributed by atoms with Crippen LogP contribution in [0, 0.1) is 6.07 Å². The number of hydrogen-bond acceptors (Lipinski definition) is 0. The van der Waals surface area contributed by atoms with Crippen molar-refractivity contribution in [3.8, 4) is 0 Å². The number of halogens is 6. The molecule has 1 aromatic carbocycles. The molecule has 0 nitrogen and oxygen atoms in total. The van der Waals surface area contributed by atoms with Crippen LogP contribution >= 0.6 is 21.8 Å². The van der Waals surface area contributed by atoms with Gasteiger partial charge >= 0.3 is 10.2 Å². The van der Waals surface area contributed by atoms with Gasteiger partial charge in [0.25, 0.3) is 0 Å². The van der Waals surface area contributed by atoms with Crippen molar-refractivity contribution in [3.63, 3.8) is 0 Å². The molecule has 0 fully saturated rings. The van der Waals surface area contributed by atoms with E-state index in [1.165, 1.54) is 0 Å². The molecule has 0 aromatic heterocycles. The van der Waals surface area contributed by atoms with Crippen LogP contribution in [0.15, 0.2) is 23.1 Å². The molecule has 0 amide bonds. The van der Waals surface area contributed by atoms with Gasteiger partial charge in [-0.05, 0) is 18.2 Å². The Morgan fingerprint density at radius 1 is 1.15 bits per heavy atom. The lowest BCUT2D eigenvalue weighted by Gasteiger charge is -2.40. The lowest BCUT2D eigenvalue weighted by Crippen LogP contribution is -2.06. The Balaban J connectivity index is 3.50. The lowest BCUT2D eigenvalue weighted by molar-refractivity contribution is 0.364. The van der Waals surface area contributed by atoms with Gasteiger partial charge in [0.2, 0.25) is 0 Å². The maximum atomic E-state index is 12.1. The van der Waals surface area contributed by atoms with Crippen molar-refractivity contribution < 1.29 is 19.4 Å². The summed E-state index contributed by atoms with van der Waals surface area (Å²) in [5.74, 6) is 0. The Bertz CT molecular complexity index is 342. The fourth-order valence-electron chi connectivity index (χ4n) is 0.692. The quantitative estimate of drug-likeness (QED) is 0.616. The molecule has 75 valence electrons. The van der Waals surface area contributed by atoms with Crippen LogP contribution < -0.4 is 0 Å². The lowest BCUT2D eigenvalue weighted by atomic mass is 10.4. The first-order valence-corrected chi connectivity index (χ1v) is 5.23. The second kappa shape index (κ2) is 2.12. The summed E-state index contributed by atoms with van der Waals surface area (Å²) < 4.78 is 60.5. The van der Waals surface area contributed by atoms with Gasteiger partial charge in [-0.3, -0.25) is 0 Å². The van der Waals surface area contributed by atoms with Gasteiger partial charge < -0.3 is 0 Å². The van der Waals surface area contributed by atoms with Crippen molar-refractivity contribution in [2.24, 2.45) is 0 Å². The molecule has 0 atom stereocenters. The molecular weight excluding hydrogens is 235 g/mol. The Kier molecular flexibility index (Phi) is 1.72. The molecule has 0 heterocycles. The van der Waals surface area contributed by atoms with Gasteiger partial charge in [-0.1, -0.05) is 37.1 Å². The zero-order valence-corrected chi connectivity index (χ0v) is 7.48. The van der Waals surface area contributed by atoms with E-state index in [9.17, 15) is 19.4 Å². The van der Waals surface area contributed by atoms with E-state index in [2.05, 4.69) is 0 Å². The fourth-order valence-corrected chi connectivity index (χ4v) is 1.97. The summed E-state index contributed by atoms with van der Waals surface area (Å²) in [5.41, 5.74) is 0. The summed E-state index contributed by atoms with van der Waals surface area (Å²) in [6.07, 6.45) is 0. The van der Waals surface area contributed by atoms with Gasteiger partial charge in [-0.15, -0.1) is 0 Å². The van der Waals surface area contributed by atoms with E-state index >= 15 is 0 Å². The molecule has 1 aromatic rings. The van der Waals surface area contributed by atoms with Crippen LogP contribution in [0.25, 0.3) is 0 Å². The predicted octanol–water partition coefficient (Wildman–Crippen LogP) is 4.80. The molecule has 7 heteroatoms. The maximum Gasteiger partial charge on any atom is 0.311 e. The molecule has 0 saturated carbocycles. The molecule has 0 saturated heterocycles. The van der Waals surface area contributed by atoms with Crippen LogP contribution in [0.3, 0.4) is 0 Å². The van der Waals surface area contributed by atoms with E-state index in [4.69, 9.17) is 11.6 Å². The minimum Gasteiger partial charge on any atom is -0.0936 e. The smallest absolute Gasteiger partial charge is 0.0936 e. The molecule has 1 rings (SSSR count). The van der Waals surface area contributed by atoms with Gasteiger partial charge in [0.05, 0.1) is 5.02 Å². The Hall–Kier alpha value is -0.490. The highest BCUT2D eigenvalue weighted by Crippen LogP contribution is 3.02. The molecule has 0 aliphatic rings. The third-order valence-corrected chi connectivity index (χ3v) is 2.80. The number of rotatable bonds is 1. The summed E-state index contributed by atoms with van der Waals surface area (Å²) in [7, 11) is -9.64.